The third-order valence-electron chi connectivity index (χ3n) is 6.36. The van der Waals surface area contributed by atoms with Crippen LogP contribution in [-0.2, 0) is 11.2 Å². The second-order valence-corrected chi connectivity index (χ2v) is 8.38. The molecule has 0 aromatic heterocycles. The van der Waals surface area contributed by atoms with Crippen LogP contribution in [0.4, 0.5) is 0 Å². The average molecular weight is 429 g/mol. The summed E-state index contributed by atoms with van der Waals surface area (Å²) in [4.78, 5) is 27.9. The van der Waals surface area contributed by atoms with Gasteiger partial charge in [0.15, 0.2) is 0 Å². The zero-order valence-electron chi connectivity index (χ0n) is 18.3. The van der Waals surface area contributed by atoms with Gasteiger partial charge in [0.25, 0.3) is 5.91 Å². The van der Waals surface area contributed by atoms with Gasteiger partial charge < -0.3 is 15.4 Å². The molecule has 1 fully saturated rings. The van der Waals surface area contributed by atoms with Gasteiger partial charge >= 0.3 is 0 Å². The van der Waals surface area contributed by atoms with E-state index in [1.165, 1.54) is 0 Å². The predicted molar refractivity (Wildman–Crippen MR) is 125 cm³/mol. The number of likely N-dealkylation sites (tertiary alicyclic amines) is 1. The van der Waals surface area contributed by atoms with Crippen molar-refractivity contribution in [3.63, 3.8) is 0 Å². The van der Waals surface area contributed by atoms with E-state index in [2.05, 4.69) is 18.2 Å². The quantitative estimate of drug-likeness (QED) is 0.636. The minimum absolute atomic E-state index is 0.135. The van der Waals surface area contributed by atoms with Gasteiger partial charge in [0.2, 0.25) is 5.91 Å². The number of piperidine rings is 1. The van der Waals surface area contributed by atoms with Crippen LogP contribution >= 0.6 is 0 Å². The highest BCUT2D eigenvalue weighted by Crippen LogP contribution is 2.37. The van der Waals surface area contributed by atoms with Crippen molar-refractivity contribution in [2.24, 2.45) is 11.1 Å². The van der Waals surface area contributed by atoms with E-state index >= 15 is 0 Å². The Balaban J connectivity index is 1.65. The van der Waals surface area contributed by atoms with Crippen molar-refractivity contribution in [1.82, 2.24) is 4.90 Å². The van der Waals surface area contributed by atoms with Crippen LogP contribution in [-0.4, -0.2) is 36.9 Å². The van der Waals surface area contributed by atoms with E-state index in [9.17, 15) is 9.59 Å². The van der Waals surface area contributed by atoms with Crippen molar-refractivity contribution in [2.75, 3.05) is 20.2 Å². The van der Waals surface area contributed by atoms with E-state index in [1.807, 2.05) is 48.5 Å². The van der Waals surface area contributed by atoms with Crippen LogP contribution in [0.3, 0.4) is 0 Å². The molecule has 2 N–H and O–H groups in total. The highest BCUT2D eigenvalue weighted by atomic mass is 16.5. The van der Waals surface area contributed by atoms with Crippen molar-refractivity contribution >= 4 is 11.8 Å². The molecule has 1 aliphatic heterocycles. The lowest BCUT2D eigenvalue weighted by Crippen LogP contribution is -2.53. The first-order valence-electron chi connectivity index (χ1n) is 10.9. The summed E-state index contributed by atoms with van der Waals surface area (Å²) in [6, 6.07) is 25.4. The molecule has 2 amide bonds. The zero-order valence-corrected chi connectivity index (χ0v) is 18.3. The maximum Gasteiger partial charge on any atom is 0.257 e. The molecule has 3 aromatic carbocycles. The number of carbonyl (C=O) groups is 2. The number of nitrogens with two attached hydrogens (primary N) is 1. The number of primary amides is 1. The third-order valence-corrected chi connectivity index (χ3v) is 6.36. The van der Waals surface area contributed by atoms with E-state index in [4.69, 9.17) is 10.5 Å². The standard InChI is InChI=1S/C27H28N2O3/c1-32-24-15-8-7-14-23(24)25(30)29-17-9-16-27(19-29,26(28)31)18-21-12-5-6-13-22(21)20-10-3-2-4-11-20/h2-8,10-15H,9,16-19H2,1H3,(H2,28,31). The van der Waals surface area contributed by atoms with Crippen molar-refractivity contribution in [3.05, 3.63) is 90.0 Å². The summed E-state index contributed by atoms with van der Waals surface area (Å²) in [5.74, 6) is 0.0317. The molecule has 5 heteroatoms. The second kappa shape index (κ2) is 9.27. The van der Waals surface area contributed by atoms with E-state index < -0.39 is 5.41 Å². The topological polar surface area (TPSA) is 72.6 Å². The molecule has 0 spiro atoms. The summed E-state index contributed by atoms with van der Waals surface area (Å²) >= 11 is 0. The number of hydrogen-bond donors (Lipinski definition) is 1. The van der Waals surface area contributed by atoms with Crippen molar-refractivity contribution in [2.45, 2.75) is 19.3 Å². The largest absolute Gasteiger partial charge is 0.496 e. The van der Waals surface area contributed by atoms with Gasteiger partial charge in [-0.3, -0.25) is 9.59 Å². The van der Waals surface area contributed by atoms with Gasteiger partial charge in [-0.05, 0) is 48.1 Å². The van der Waals surface area contributed by atoms with Crippen molar-refractivity contribution in [1.29, 1.82) is 0 Å². The summed E-state index contributed by atoms with van der Waals surface area (Å²) in [5.41, 5.74) is 8.92. The van der Waals surface area contributed by atoms with Gasteiger partial charge in [-0.15, -0.1) is 0 Å². The van der Waals surface area contributed by atoms with Gasteiger partial charge in [-0.1, -0.05) is 66.7 Å². The Kier molecular flexibility index (Phi) is 6.26. The molecule has 0 bridgehead atoms. The fourth-order valence-electron chi connectivity index (χ4n) is 4.67. The van der Waals surface area contributed by atoms with E-state index in [1.54, 1.807) is 24.1 Å². The Labute approximate surface area is 188 Å². The maximum absolute atomic E-state index is 13.3. The maximum atomic E-state index is 13.3. The van der Waals surface area contributed by atoms with Gasteiger partial charge in [0.05, 0.1) is 18.1 Å². The average Bonchev–Trinajstić information content (AvgIpc) is 2.84. The molecular weight excluding hydrogens is 400 g/mol. The molecule has 1 atom stereocenters. The van der Waals surface area contributed by atoms with Gasteiger partial charge in [-0.2, -0.15) is 0 Å². The second-order valence-electron chi connectivity index (χ2n) is 8.38. The lowest BCUT2D eigenvalue weighted by molar-refractivity contribution is -0.130. The molecule has 0 radical (unpaired) electrons. The van der Waals surface area contributed by atoms with Gasteiger partial charge in [-0.25, -0.2) is 0 Å². The molecule has 32 heavy (non-hydrogen) atoms. The molecule has 5 nitrogen and oxygen atoms in total. The Hall–Kier alpha value is -3.60. The Morgan fingerprint density at radius 3 is 2.41 bits per heavy atom. The van der Waals surface area contributed by atoms with Gasteiger partial charge in [0, 0.05) is 13.1 Å². The summed E-state index contributed by atoms with van der Waals surface area (Å²) in [6.07, 6.45) is 1.86. The molecule has 0 saturated carbocycles. The molecule has 1 heterocycles. The number of nitrogens with zero attached hydrogens (tertiary/aromatic N) is 1. The van der Waals surface area contributed by atoms with Crippen molar-refractivity contribution in [3.8, 4) is 16.9 Å². The molecule has 1 unspecified atom stereocenters. The molecular formula is C27H28N2O3. The zero-order chi connectivity index (χ0) is 22.6. The van der Waals surface area contributed by atoms with Crippen LogP contribution in [0.25, 0.3) is 11.1 Å². The first kappa shape index (κ1) is 21.6. The highest BCUT2D eigenvalue weighted by Gasteiger charge is 2.43. The SMILES string of the molecule is COc1ccccc1C(=O)N1CCCC(Cc2ccccc2-c2ccccc2)(C(N)=O)C1. The number of hydrogen-bond acceptors (Lipinski definition) is 3. The molecule has 4 rings (SSSR count). The number of carbonyl (C=O) groups excluding carboxylic acids is 2. The Morgan fingerprint density at radius 1 is 0.969 bits per heavy atom. The first-order chi connectivity index (χ1) is 15.5. The summed E-state index contributed by atoms with van der Waals surface area (Å²) in [7, 11) is 1.55. The lowest BCUT2D eigenvalue weighted by atomic mass is 9.73. The van der Waals surface area contributed by atoms with E-state index in [-0.39, 0.29) is 11.8 Å². The predicted octanol–water partition coefficient (Wildman–Crippen LogP) is 4.31. The first-order valence-corrected chi connectivity index (χ1v) is 10.9. The van der Waals surface area contributed by atoms with Gasteiger partial charge in [0.1, 0.15) is 5.75 Å². The van der Waals surface area contributed by atoms with E-state index in [0.29, 0.717) is 37.2 Å². The minimum Gasteiger partial charge on any atom is -0.496 e. The lowest BCUT2D eigenvalue weighted by Gasteiger charge is -2.41. The smallest absolute Gasteiger partial charge is 0.257 e. The van der Waals surface area contributed by atoms with Crippen LogP contribution in [0.1, 0.15) is 28.8 Å². The fourth-order valence-corrected chi connectivity index (χ4v) is 4.67. The van der Waals surface area contributed by atoms with Crippen molar-refractivity contribution < 1.29 is 14.3 Å². The molecule has 164 valence electrons. The molecule has 1 aliphatic rings. The van der Waals surface area contributed by atoms with Crippen LogP contribution in [0.5, 0.6) is 5.75 Å². The third kappa shape index (κ3) is 4.24. The fraction of sp³-hybridized carbons (Fsp3) is 0.259. The summed E-state index contributed by atoms with van der Waals surface area (Å²) in [6.45, 7) is 0.884. The van der Waals surface area contributed by atoms with Crippen LogP contribution in [0.15, 0.2) is 78.9 Å². The number of para-hydroxylation sites is 1. The summed E-state index contributed by atoms with van der Waals surface area (Å²) < 4.78 is 5.38. The molecule has 0 aliphatic carbocycles. The number of rotatable bonds is 6. The molecule has 1 saturated heterocycles. The molecule has 3 aromatic rings. The van der Waals surface area contributed by atoms with Crippen LogP contribution in [0, 0.1) is 5.41 Å². The van der Waals surface area contributed by atoms with E-state index in [0.717, 1.165) is 23.1 Å². The number of amides is 2. The monoisotopic (exact) mass is 428 g/mol. The van der Waals surface area contributed by atoms with Crippen LogP contribution < -0.4 is 10.5 Å². The number of benzene rings is 3. The highest BCUT2D eigenvalue weighted by molar-refractivity contribution is 5.97. The number of methoxy groups -OCH3 is 1. The normalized spacial score (nSPS) is 18.2. The Morgan fingerprint density at radius 2 is 1.66 bits per heavy atom. The summed E-state index contributed by atoms with van der Waals surface area (Å²) in [5, 5.41) is 0. The van der Waals surface area contributed by atoms with Crippen LogP contribution in [0.2, 0.25) is 0 Å². The minimum atomic E-state index is -0.819. The number of ether oxygens (including phenoxy) is 1. The Bertz CT molecular complexity index is 1110.